The van der Waals surface area contributed by atoms with Gasteiger partial charge < -0.3 is 4.57 Å². The first-order valence-electron chi connectivity index (χ1n) is 4.77. The molecule has 0 radical (unpaired) electrons. The maximum atomic E-state index is 12.3. The molecule has 0 aliphatic rings. The Morgan fingerprint density at radius 1 is 1.23 bits per heavy atom. The van der Waals surface area contributed by atoms with Gasteiger partial charge in [0.2, 0.25) is 0 Å². The quantitative estimate of drug-likeness (QED) is 0.638. The summed E-state index contributed by atoms with van der Waals surface area (Å²) in [4.78, 5) is 0. The average Bonchev–Trinajstić information content (AvgIpc) is 1.98. The number of hydrogen-bond acceptors (Lipinski definition) is 3. The van der Waals surface area contributed by atoms with Crippen LogP contribution in [0.4, 0.5) is 0 Å². The summed E-state index contributed by atoms with van der Waals surface area (Å²) >= 11 is 3.33. The first-order valence-corrected chi connectivity index (χ1v) is 9.68. The van der Waals surface area contributed by atoms with Gasteiger partial charge in [0, 0.05) is 16.7 Å². The van der Waals surface area contributed by atoms with Crippen LogP contribution in [0, 0.1) is 0 Å². The molecule has 0 amide bonds. The minimum atomic E-state index is -2.00. The molecule has 0 spiro atoms. The standard InChI is InChI=1S/C9H21OPS2/c1-6-8-12-11(10,7-2)13-9(3,4)5/h6-8H2,1-5H3. The zero-order valence-corrected chi connectivity index (χ0v) is 11.8. The lowest BCUT2D eigenvalue weighted by Crippen LogP contribution is -2.06. The Hall–Kier alpha value is 0.930. The number of rotatable bonds is 5. The van der Waals surface area contributed by atoms with E-state index < -0.39 is 5.55 Å². The normalized spacial score (nSPS) is 17.0. The largest absolute Gasteiger partial charge is 0.300 e. The van der Waals surface area contributed by atoms with Crippen LogP contribution in [0.2, 0.25) is 0 Å². The van der Waals surface area contributed by atoms with Gasteiger partial charge in [-0.3, -0.25) is 0 Å². The molecule has 0 aromatic rings. The zero-order chi connectivity index (χ0) is 10.5. The van der Waals surface area contributed by atoms with Crippen molar-refractivity contribution in [3.63, 3.8) is 0 Å². The van der Waals surface area contributed by atoms with Gasteiger partial charge in [0.25, 0.3) is 0 Å². The molecule has 13 heavy (non-hydrogen) atoms. The van der Waals surface area contributed by atoms with Crippen molar-refractivity contribution in [3.8, 4) is 0 Å². The Morgan fingerprint density at radius 3 is 2.08 bits per heavy atom. The number of hydrogen-bond donors (Lipinski definition) is 0. The van der Waals surface area contributed by atoms with Crippen LogP contribution in [0.3, 0.4) is 0 Å². The second-order valence-electron chi connectivity index (χ2n) is 3.96. The van der Waals surface area contributed by atoms with E-state index in [2.05, 4.69) is 27.7 Å². The molecule has 0 aliphatic heterocycles. The average molecular weight is 240 g/mol. The summed E-state index contributed by atoms with van der Waals surface area (Å²) in [6.45, 7) is 10.6. The van der Waals surface area contributed by atoms with E-state index in [4.69, 9.17) is 0 Å². The van der Waals surface area contributed by atoms with Crippen LogP contribution in [0.15, 0.2) is 0 Å². The van der Waals surface area contributed by atoms with Gasteiger partial charge in [-0.2, -0.15) is 0 Å². The molecule has 0 fully saturated rings. The van der Waals surface area contributed by atoms with Gasteiger partial charge in [-0.25, -0.2) is 0 Å². The molecule has 0 saturated carbocycles. The molecule has 0 saturated heterocycles. The van der Waals surface area contributed by atoms with E-state index in [0.717, 1.165) is 18.3 Å². The summed E-state index contributed by atoms with van der Waals surface area (Å²) in [6, 6.07) is 0. The van der Waals surface area contributed by atoms with Crippen molar-refractivity contribution in [2.45, 2.75) is 45.8 Å². The lowest BCUT2D eigenvalue weighted by atomic mass is 10.3. The van der Waals surface area contributed by atoms with Gasteiger partial charge in [-0.05, 0) is 6.42 Å². The molecule has 0 aromatic carbocycles. The third kappa shape index (κ3) is 6.93. The molecule has 4 heteroatoms. The molecule has 80 valence electrons. The molecule has 0 aliphatic carbocycles. The van der Waals surface area contributed by atoms with Crippen LogP contribution in [0.1, 0.15) is 41.0 Å². The van der Waals surface area contributed by atoms with Gasteiger partial charge in [0.15, 0.2) is 5.55 Å². The fourth-order valence-electron chi connectivity index (χ4n) is 0.830. The van der Waals surface area contributed by atoms with Gasteiger partial charge in [-0.15, -0.1) is 0 Å². The molecule has 0 rings (SSSR count). The summed E-state index contributed by atoms with van der Waals surface area (Å²) in [7, 11) is 0. The molecular weight excluding hydrogens is 219 g/mol. The highest BCUT2D eigenvalue weighted by atomic mass is 33.1. The molecule has 0 aromatic heterocycles. The summed E-state index contributed by atoms with van der Waals surface area (Å²) in [6.07, 6.45) is 1.92. The van der Waals surface area contributed by atoms with Crippen LogP contribution < -0.4 is 0 Å². The predicted octanol–water partition coefficient (Wildman–Crippen LogP) is 4.87. The van der Waals surface area contributed by atoms with E-state index in [0.29, 0.717) is 0 Å². The van der Waals surface area contributed by atoms with E-state index in [1.165, 1.54) is 0 Å². The van der Waals surface area contributed by atoms with E-state index >= 15 is 0 Å². The third-order valence-electron chi connectivity index (χ3n) is 1.29. The SMILES string of the molecule is CCCSP(=O)(CC)SC(C)(C)C. The Balaban J connectivity index is 4.20. The first-order chi connectivity index (χ1) is 5.83. The van der Waals surface area contributed by atoms with Gasteiger partial charge in [0.1, 0.15) is 0 Å². The highest BCUT2D eigenvalue weighted by molar-refractivity contribution is 8.90. The fraction of sp³-hybridized carbons (Fsp3) is 1.00. The molecule has 1 atom stereocenters. The van der Waals surface area contributed by atoms with Crippen molar-refractivity contribution in [1.29, 1.82) is 0 Å². The van der Waals surface area contributed by atoms with Gasteiger partial charge >= 0.3 is 0 Å². The summed E-state index contributed by atoms with van der Waals surface area (Å²) in [5.41, 5.74) is -2.00. The Morgan fingerprint density at radius 2 is 1.77 bits per heavy atom. The highest BCUT2D eigenvalue weighted by Crippen LogP contribution is 2.71. The Labute approximate surface area is 90.7 Å². The van der Waals surface area contributed by atoms with Crippen molar-refractivity contribution in [2.75, 3.05) is 11.9 Å². The summed E-state index contributed by atoms with van der Waals surface area (Å²) in [5, 5.41) is 0. The van der Waals surface area contributed by atoms with Crippen molar-refractivity contribution >= 4 is 28.3 Å². The lowest BCUT2D eigenvalue weighted by Gasteiger charge is -2.24. The smallest absolute Gasteiger partial charge is 0.191 e. The van der Waals surface area contributed by atoms with E-state index in [1.807, 2.05) is 6.92 Å². The maximum Gasteiger partial charge on any atom is 0.191 e. The van der Waals surface area contributed by atoms with Crippen molar-refractivity contribution < 1.29 is 4.57 Å². The van der Waals surface area contributed by atoms with Crippen LogP contribution in [-0.4, -0.2) is 16.7 Å². The first kappa shape index (κ1) is 13.9. The van der Waals surface area contributed by atoms with Crippen LogP contribution in [-0.2, 0) is 4.57 Å². The van der Waals surface area contributed by atoms with Crippen LogP contribution >= 0.6 is 28.3 Å². The monoisotopic (exact) mass is 240 g/mol. The van der Waals surface area contributed by atoms with Crippen LogP contribution in [0.5, 0.6) is 0 Å². The van der Waals surface area contributed by atoms with Crippen LogP contribution in [0.25, 0.3) is 0 Å². The second kappa shape index (κ2) is 5.72. The third-order valence-corrected chi connectivity index (χ3v) is 11.3. The van der Waals surface area contributed by atoms with E-state index in [-0.39, 0.29) is 4.75 Å². The minimum absolute atomic E-state index is 0.117. The molecule has 1 unspecified atom stereocenters. The van der Waals surface area contributed by atoms with E-state index in [1.54, 1.807) is 22.8 Å². The zero-order valence-electron chi connectivity index (χ0n) is 9.29. The molecular formula is C9H21OPS2. The molecule has 0 bridgehead atoms. The van der Waals surface area contributed by atoms with Crippen molar-refractivity contribution in [1.82, 2.24) is 0 Å². The van der Waals surface area contributed by atoms with E-state index in [9.17, 15) is 4.57 Å². The fourth-order valence-corrected chi connectivity index (χ4v) is 10.6. The molecule has 1 nitrogen and oxygen atoms in total. The van der Waals surface area contributed by atoms with Crippen molar-refractivity contribution in [2.24, 2.45) is 0 Å². The molecule has 0 N–H and O–H groups in total. The topological polar surface area (TPSA) is 17.1 Å². The van der Waals surface area contributed by atoms with Gasteiger partial charge in [-0.1, -0.05) is 57.4 Å². The Kier molecular flexibility index (Phi) is 6.13. The Bertz CT molecular complexity index is 187. The van der Waals surface area contributed by atoms with Gasteiger partial charge in [0.05, 0.1) is 0 Å². The second-order valence-corrected chi connectivity index (χ2v) is 13.4. The molecule has 0 heterocycles. The maximum absolute atomic E-state index is 12.3. The van der Waals surface area contributed by atoms with Crippen molar-refractivity contribution in [3.05, 3.63) is 0 Å². The summed E-state index contributed by atoms with van der Waals surface area (Å²) < 4.78 is 12.4. The lowest BCUT2D eigenvalue weighted by molar-refractivity contribution is 0.594. The predicted molar refractivity (Wildman–Crippen MR) is 68.2 cm³/mol. The minimum Gasteiger partial charge on any atom is -0.300 e. The highest BCUT2D eigenvalue weighted by Gasteiger charge is 2.27. The summed E-state index contributed by atoms with van der Waals surface area (Å²) in [5.74, 6) is 1.02.